The van der Waals surface area contributed by atoms with Gasteiger partial charge in [0, 0.05) is 10.6 Å². The Labute approximate surface area is 176 Å². The predicted molar refractivity (Wildman–Crippen MR) is 110 cm³/mol. The number of carbonyl (C=O) groups is 1. The SMILES string of the molecule is N=C(OC(N)=O)C1Oc2ccc(Cl)cc2C(C2CCCCC2)(C2CCCCC2)O1. The molecule has 158 valence electrons. The molecule has 29 heavy (non-hydrogen) atoms. The van der Waals surface area contributed by atoms with E-state index in [1.807, 2.05) is 12.1 Å². The molecule has 1 aromatic carbocycles. The van der Waals surface area contributed by atoms with Gasteiger partial charge in [-0.1, -0.05) is 50.1 Å². The van der Waals surface area contributed by atoms with E-state index >= 15 is 0 Å². The molecule has 1 heterocycles. The van der Waals surface area contributed by atoms with Gasteiger partial charge >= 0.3 is 6.09 Å². The lowest BCUT2D eigenvalue weighted by Crippen LogP contribution is -2.54. The van der Waals surface area contributed by atoms with Crippen LogP contribution in [0.25, 0.3) is 0 Å². The molecule has 2 aliphatic carbocycles. The van der Waals surface area contributed by atoms with Crippen molar-refractivity contribution < 1.29 is 19.0 Å². The van der Waals surface area contributed by atoms with Gasteiger partial charge in [0.15, 0.2) is 0 Å². The second kappa shape index (κ2) is 8.52. The van der Waals surface area contributed by atoms with E-state index in [4.69, 9.17) is 37.0 Å². The molecule has 0 saturated heterocycles. The Morgan fingerprint density at radius 2 is 1.66 bits per heavy atom. The third-order valence-corrected chi connectivity index (χ3v) is 6.98. The summed E-state index contributed by atoms with van der Waals surface area (Å²) in [5, 5.41) is 8.85. The van der Waals surface area contributed by atoms with Crippen LogP contribution < -0.4 is 10.5 Å². The monoisotopic (exact) mass is 420 g/mol. The maximum atomic E-state index is 11.2. The molecule has 2 saturated carbocycles. The molecule has 4 rings (SSSR count). The summed E-state index contributed by atoms with van der Waals surface area (Å²) in [4.78, 5) is 11.2. The molecule has 7 heteroatoms. The highest BCUT2D eigenvalue weighted by Crippen LogP contribution is 2.56. The lowest BCUT2D eigenvalue weighted by molar-refractivity contribution is -0.229. The number of halogens is 1. The first kappa shape index (κ1) is 20.5. The van der Waals surface area contributed by atoms with Crippen LogP contribution in [0, 0.1) is 17.2 Å². The highest BCUT2D eigenvalue weighted by molar-refractivity contribution is 6.30. The molecule has 0 radical (unpaired) electrons. The van der Waals surface area contributed by atoms with Crippen molar-refractivity contribution in [2.24, 2.45) is 17.6 Å². The Morgan fingerprint density at radius 3 is 2.21 bits per heavy atom. The third-order valence-electron chi connectivity index (χ3n) is 6.75. The van der Waals surface area contributed by atoms with Crippen LogP contribution in [0.3, 0.4) is 0 Å². The first-order chi connectivity index (χ1) is 14.0. The van der Waals surface area contributed by atoms with Crippen LogP contribution in [0.15, 0.2) is 18.2 Å². The Morgan fingerprint density at radius 1 is 1.07 bits per heavy atom. The highest BCUT2D eigenvalue weighted by Gasteiger charge is 2.54. The van der Waals surface area contributed by atoms with E-state index in [0.29, 0.717) is 22.6 Å². The van der Waals surface area contributed by atoms with E-state index < -0.39 is 23.9 Å². The van der Waals surface area contributed by atoms with E-state index in [-0.39, 0.29) is 0 Å². The van der Waals surface area contributed by atoms with Gasteiger partial charge in [-0.3, -0.25) is 5.41 Å². The molecular formula is C22H29ClN2O4. The normalized spacial score (nSPS) is 24.9. The van der Waals surface area contributed by atoms with Gasteiger partial charge in [0.05, 0.1) is 0 Å². The number of nitrogens with one attached hydrogen (secondary N) is 1. The molecule has 1 aliphatic heterocycles. The minimum Gasteiger partial charge on any atom is -0.455 e. The molecule has 2 fully saturated rings. The summed E-state index contributed by atoms with van der Waals surface area (Å²) in [6.07, 6.45) is 9.28. The fourth-order valence-electron chi connectivity index (χ4n) is 5.58. The van der Waals surface area contributed by atoms with Crippen molar-refractivity contribution in [1.29, 1.82) is 5.41 Å². The number of hydrogen-bond donors (Lipinski definition) is 2. The second-order valence-electron chi connectivity index (χ2n) is 8.46. The number of rotatable bonds is 3. The van der Waals surface area contributed by atoms with Crippen LogP contribution in [-0.2, 0) is 15.1 Å². The van der Waals surface area contributed by atoms with Crippen molar-refractivity contribution in [2.75, 3.05) is 0 Å². The molecular weight excluding hydrogens is 392 g/mol. The van der Waals surface area contributed by atoms with Crippen molar-refractivity contribution in [1.82, 2.24) is 0 Å². The maximum Gasteiger partial charge on any atom is 0.411 e. The molecule has 1 unspecified atom stereocenters. The van der Waals surface area contributed by atoms with Gasteiger partial charge in [-0.2, -0.15) is 0 Å². The van der Waals surface area contributed by atoms with Crippen LogP contribution in [0.4, 0.5) is 4.79 Å². The zero-order valence-electron chi connectivity index (χ0n) is 16.6. The zero-order valence-corrected chi connectivity index (χ0v) is 17.4. The summed E-state index contributed by atoms with van der Waals surface area (Å²) in [5.41, 5.74) is 5.52. The van der Waals surface area contributed by atoms with Crippen molar-refractivity contribution in [3.8, 4) is 5.75 Å². The Kier molecular flexibility index (Phi) is 6.02. The second-order valence-corrected chi connectivity index (χ2v) is 8.89. The van der Waals surface area contributed by atoms with Gasteiger partial charge in [-0.15, -0.1) is 0 Å². The fraction of sp³-hybridized carbons (Fsp3) is 0.636. The predicted octanol–water partition coefficient (Wildman–Crippen LogP) is 5.50. The maximum absolute atomic E-state index is 11.2. The standard InChI is InChI=1S/C22H29ClN2O4/c23-16-11-12-18-17(13-16)22(14-7-3-1-4-8-14,15-9-5-2-6-10-15)29-20(27-18)19(24)28-21(25)26/h11-15,20,24H,1-10H2,(H2,25,26). The molecule has 3 N–H and O–H groups in total. The summed E-state index contributed by atoms with van der Waals surface area (Å²) >= 11 is 6.41. The van der Waals surface area contributed by atoms with Crippen molar-refractivity contribution >= 4 is 23.6 Å². The van der Waals surface area contributed by atoms with E-state index in [1.54, 1.807) is 6.07 Å². The molecule has 0 bridgehead atoms. The summed E-state index contributed by atoms with van der Waals surface area (Å²) in [7, 11) is 0. The zero-order chi connectivity index (χ0) is 20.4. The first-order valence-corrected chi connectivity index (χ1v) is 11.1. The summed E-state index contributed by atoms with van der Waals surface area (Å²) < 4.78 is 17.4. The van der Waals surface area contributed by atoms with Crippen LogP contribution in [0.5, 0.6) is 5.75 Å². The quantitative estimate of drug-likeness (QED) is 0.498. The van der Waals surface area contributed by atoms with Gasteiger partial charge in [0.25, 0.3) is 12.2 Å². The Hall–Kier alpha value is -1.79. The van der Waals surface area contributed by atoms with Gasteiger partial charge in [-0.25, -0.2) is 4.79 Å². The van der Waals surface area contributed by atoms with Crippen LogP contribution in [0.1, 0.15) is 69.8 Å². The van der Waals surface area contributed by atoms with Crippen LogP contribution in [0.2, 0.25) is 5.02 Å². The number of carbonyl (C=O) groups excluding carboxylic acids is 1. The molecule has 3 aliphatic rings. The molecule has 0 spiro atoms. The lowest BCUT2D eigenvalue weighted by atomic mass is 9.63. The van der Waals surface area contributed by atoms with Crippen LogP contribution in [-0.4, -0.2) is 18.3 Å². The van der Waals surface area contributed by atoms with E-state index in [1.165, 1.54) is 38.5 Å². The van der Waals surface area contributed by atoms with Gasteiger partial charge in [-0.05, 0) is 55.7 Å². The summed E-state index contributed by atoms with van der Waals surface area (Å²) in [6.45, 7) is 0. The number of benzene rings is 1. The topological polar surface area (TPSA) is 94.6 Å². The lowest BCUT2D eigenvalue weighted by Gasteiger charge is -2.52. The number of nitrogens with two attached hydrogens (primary N) is 1. The fourth-order valence-corrected chi connectivity index (χ4v) is 5.75. The number of amides is 1. The minimum atomic E-state index is -1.10. The van der Waals surface area contributed by atoms with Crippen LogP contribution >= 0.6 is 11.6 Å². The van der Waals surface area contributed by atoms with E-state index in [2.05, 4.69) is 0 Å². The van der Waals surface area contributed by atoms with Crippen molar-refractivity contribution in [3.05, 3.63) is 28.8 Å². The average Bonchev–Trinajstić information content (AvgIpc) is 2.74. The first-order valence-electron chi connectivity index (χ1n) is 10.7. The van der Waals surface area contributed by atoms with Gasteiger partial charge in [0.1, 0.15) is 11.4 Å². The van der Waals surface area contributed by atoms with Gasteiger partial charge in [0.2, 0.25) is 0 Å². The van der Waals surface area contributed by atoms with Crippen molar-refractivity contribution in [3.63, 3.8) is 0 Å². The average molecular weight is 421 g/mol. The number of fused-ring (bicyclic) bond motifs is 1. The van der Waals surface area contributed by atoms with E-state index in [0.717, 1.165) is 31.2 Å². The molecule has 1 aromatic rings. The molecule has 0 aromatic heterocycles. The number of primary amides is 1. The molecule has 1 amide bonds. The van der Waals surface area contributed by atoms with Gasteiger partial charge < -0.3 is 19.9 Å². The smallest absolute Gasteiger partial charge is 0.411 e. The Bertz CT molecular complexity index is 754. The highest BCUT2D eigenvalue weighted by atomic mass is 35.5. The van der Waals surface area contributed by atoms with E-state index in [9.17, 15) is 4.79 Å². The summed E-state index contributed by atoms with van der Waals surface area (Å²) in [6, 6.07) is 5.59. The number of ether oxygens (including phenoxy) is 3. The number of hydrogen-bond acceptors (Lipinski definition) is 5. The largest absolute Gasteiger partial charge is 0.455 e. The summed E-state index contributed by atoms with van der Waals surface area (Å²) in [5.74, 6) is 0.863. The Balaban J connectivity index is 1.82. The molecule has 6 nitrogen and oxygen atoms in total. The third kappa shape index (κ3) is 3.97. The minimum absolute atomic E-state index is 0.310. The van der Waals surface area contributed by atoms with Crippen molar-refractivity contribution in [2.45, 2.75) is 76.1 Å². The molecule has 1 atom stereocenters.